The van der Waals surface area contributed by atoms with E-state index in [1.807, 2.05) is 19.2 Å². The van der Waals surface area contributed by atoms with Crippen molar-refractivity contribution in [2.24, 2.45) is 5.92 Å². The van der Waals surface area contributed by atoms with Crippen LogP contribution in [0.5, 0.6) is 0 Å². The summed E-state index contributed by atoms with van der Waals surface area (Å²) in [5, 5.41) is 13.5. The van der Waals surface area contributed by atoms with Crippen LogP contribution < -0.4 is 4.90 Å². The lowest BCUT2D eigenvalue weighted by molar-refractivity contribution is -0.141. The molecule has 0 radical (unpaired) electrons. The predicted octanol–water partition coefficient (Wildman–Crippen LogP) is 1.34. The van der Waals surface area contributed by atoms with E-state index in [9.17, 15) is 4.79 Å². The first kappa shape index (κ1) is 12.0. The van der Waals surface area contributed by atoms with Crippen LogP contribution in [-0.2, 0) is 4.79 Å². The van der Waals surface area contributed by atoms with E-state index in [4.69, 9.17) is 5.11 Å². The van der Waals surface area contributed by atoms with Gasteiger partial charge < -0.3 is 10.0 Å². The van der Waals surface area contributed by atoms with Crippen LogP contribution in [0.1, 0.15) is 18.5 Å². The maximum absolute atomic E-state index is 11.1. The van der Waals surface area contributed by atoms with Gasteiger partial charge in [0.2, 0.25) is 0 Å². The molecule has 0 amide bonds. The number of aliphatic carboxylic acids is 1. The molecular weight excluding hydrogens is 244 g/mol. The van der Waals surface area contributed by atoms with Crippen molar-refractivity contribution in [2.45, 2.75) is 19.8 Å². The summed E-state index contributed by atoms with van der Waals surface area (Å²) < 4.78 is 1.79. The van der Waals surface area contributed by atoms with Crippen molar-refractivity contribution in [3.63, 3.8) is 0 Å². The molecule has 1 saturated heterocycles. The van der Waals surface area contributed by atoms with Gasteiger partial charge in [0.1, 0.15) is 5.52 Å². The number of hydrogen-bond donors (Lipinski definition) is 1. The van der Waals surface area contributed by atoms with Gasteiger partial charge in [-0.3, -0.25) is 4.79 Å². The van der Waals surface area contributed by atoms with Crippen molar-refractivity contribution < 1.29 is 9.90 Å². The number of rotatable bonds is 2. The molecular formula is C13H16N4O2. The summed E-state index contributed by atoms with van der Waals surface area (Å²) in [6.45, 7) is 3.31. The minimum absolute atomic E-state index is 0.306. The largest absolute Gasteiger partial charge is 0.481 e. The Hall–Kier alpha value is -2.11. The summed E-state index contributed by atoms with van der Waals surface area (Å²) in [7, 11) is 0. The third-order valence-corrected chi connectivity index (χ3v) is 3.56. The van der Waals surface area contributed by atoms with E-state index in [0.717, 1.165) is 36.4 Å². The zero-order valence-corrected chi connectivity index (χ0v) is 10.8. The van der Waals surface area contributed by atoms with Crippen LogP contribution >= 0.6 is 0 Å². The molecule has 3 heterocycles. The first-order valence-electron chi connectivity index (χ1n) is 6.44. The number of nitrogens with zero attached hydrogens (tertiary/aromatic N) is 4. The molecule has 1 aliphatic heterocycles. The van der Waals surface area contributed by atoms with Gasteiger partial charge in [0.25, 0.3) is 0 Å². The van der Waals surface area contributed by atoms with Gasteiger partial charge in [0, 0.05) is 25.5 Å². The van der Waals surface area contributed by atoms with Gasteiger partial charge in [-0.15, -0.1) is 0 Å². The number of aryl methyl sites for hydroxylation is 1. The molecule has 6 heteroatoms. The quantitative estimate of drug-likeness (QED) is 0.882. The molecule has 19 heavy (non-hydrogen) atoms. The monoisotopic (exact) mass is 260 g/mol. The van der Waals surface area contributed by atoms with Gasteiger partial charge in [-0.25, -0.2) is 9.50 Å². The fraction of sp³-hybridized carbons (Fsp3) is 0.462. The van der Waals surface area contributed by atoms with E-state index in [1.54, 1.807) is 10.7 Å². The first-order valence-corrected chi connectivity index (χ1v) is 6.44. The van der Waals surface area contributed by atoms with Crippen LogP contribution in [0.2, 0.25) is 0 Å². The van der Waals surface area contributed by atoms with E-state index in [0.29, 0.717) is 6.54 Å². The average Bonchev–Trinajstić information content (AvgIpc) is 2.78. The number of aromatic nitrogens is 3. The zero-order valence-electron chi connectivity index (χ0n) is 10.8. The molecule has 2 aromatic rings. The molecule has 3 rings (SSSR count). The smallest absolute Gasteiger partial charge is 0.308 e. The second-order valence-electron chi connectivity index (χ2n) is 4.99. The Labute approximate surface area is 110 Å². The molecule has 0 spiro atoms. The second-order valence-corrected chi connectivity index (χ2v) is 4.99. The summed E-state index contributed by atoms with van der Waals surface area (Å²) in [6.07, 6.45) is 5.14. The van der Waals surface area contributed by atoms with Crippen molar-refractivity contribution >= 4 is 17.3 Å². The van der Waals surface area contributed by atoms with Crippen LogP contribution in [0.3, 0.4) is 0 Å². The van der Waals surface area contributed by atoms with Crippen LogP contribution in [0.25, 0.3) is 5.52 Å². The Morgan fingerprint density at radius 2 is 2.37 bits per heavy atom. The highest BCUT2D eigenvalue weighted by Crippen LogP contribution is 2.25. The number of fused-ring (bicyclic) bond motifs is 1. The van der Waals surface area contributed by atoms with Crippen molar-refractivity contribution in [1.29, 1.82) is 0 Å². The summed E-state index contributed by atoms with van der Waals surface area (Å²) in [4.78, 5) is 17.6. The van der Waals surface area contributed by atoms with Crippen LogP contribution in [-0.4, -0.2) is 38.8 Å². The van der Waals surface area contributed by atoms with Gasteiger partial charge in [-0.1, -0.05) is 0 Å². The maximum Gasteiger partial charge on any atom is 0.308 e. The third kappa shape index (κ3) is 2.14. The molecule has 0 bridgehead atoms. The Bertz CT molecular complexity index is 622. The highest BCUT2D eigenvalue weighted by Gasteiger charge is 2.27. The highest BCUT2D eigenvalue weighted by atomic mass is 16.4. The number of carboxylic acid groups (broad SMARTS) is 1. The van der Waals surface area contributed by atoms with E-state index in [-0.39, 0.29) is 5.92 Å². The van der Waals surface area contributed by atoms with Gasteiger partial charge in [0.05, 0.1) is 11.6 Å². The Morgan fingerprint density at radius 1 is 1.53 bits per heavy atom. The first-order chi connectivity index (χ1) is 9.15. The lowest BCUT2D eigenvalue weighted by atomic mass is 9.98. The molecule has 2 aromatic heterocycles. The van der Waals surface area contributed by atoms with Gasteiger partial charge in [-0.05, 0) is 25.8 Å². The van der Waals surface area contributed by atoms with E-state index in [1.165, 1.54) is 0 Å². The van der Waals surface area contributed by atoms with Crippen molar-refractivity contribution in [2.75, 3.05) is 18.0 Å². The second kappa shape index (κ2) is 4.53. The number of carbonyl (C=O) groups is 1. The van der Waals surface area contributed by atoms with Crippen LogP contribution in [0.4, 0.5) is 5.82 Å². The number of anilines is 1. The van der Waals surface area contributed by atoms with Gasteiger partial charge in [-0.2, -0.15) is 5.10 Å². The summed E-state index contributed by atoms with van der Waals surface area (Å²) in [6, 6.07) is 1.98. The third-order valence-electron chi connectivity index (χ3n) is 3.56. The molecule has 1 N–H and O–H groups in total. The molecule has 1 fully saturated rings. The molecule has 0 saturated carbocycles. The standard InChI is InChI=1S/C13H16N4O2/c1-9-7-11-12(14-4-6-17(11)15-9)16-5-2-3-10(8-16)13(18)19/h4,6-7,10H,2-3,5,8H2,1H3,(H,18,19)/t10-/m0/s1. The topological polar surface area (TPSA) is 70.7 Å². The van der Waals surface area contributed by atoms with Gasteiger partial charge >= 0.3 is 5.97 Å². The van der Waals surface area contributed by atoms with Crippen LogP contribution in [0, 0.1) is 12.8 Å². The lowest BCUT2D eigenvalue weighted by Crippen LogP contribution is -2.39. The van der Waals surface area contributed by atoms with Crippen molar-refractivity contribution in [3.8, 4) is 0 Å². The number of hydrogen-bond acceptors (Lipinski definition) is 4. The van der Waals surface area contributed by atoms with Gasteiger partial charge in [0.15, 0.2) is 5.82 Å². The molecule has 6 nitrogen and oxygen atoms in total. The van der Waals surface area contributed by atoms with E-state index >= 15 is 0 Å². The van der Waals surface area contributed by atoms with Crippen LogP contribution in [0.15, 0.2) is 18.5 Å². The maximum atomic E-state index is 11.1. The minimum atomic E-state index is -0.721. The normalized spacial score (nSPS) is 19.8. The minimum Gasteiger partial charge on any atom is -0.481 e. The molecule has 1 aliphatic rings. The molecule has 0 unspecified atom stereocenters. The molecule has 1 atom stereocenters. The zero-order chi connectivity index (χ0) is 13.4. The van der Waals surface area contributed by atoms with Crippen molar-refractivity contribution in [3.05, 3.63) is 24.2 Å². The van der Waals surface area contributed by atoms with E-state index in [2.05, 4.69) is 15.0 Å². The predicted molar refractivity (Wildman–Crippen MR) is 70.3 cm³/mol. The SMILES string of the molecule is Cc1cc2c(N3CCC[C@H](C(=O)O)C3)nccn2n1. The Kier molecular flexibility index (Phi) is 2.85. The Morgan fingerprint density at radius 3 is 3.16 bits per heavy atom. The van der Waals surface area contributed by atoms with E-state index < -0.39 is 5.97 Å². The molecule has 0 aliphatic carbocycles. The Balaban J connectivity index is 1.97. The molecule has 100 valence electrons. The number of carboxylic acids is 1. The summed E-state index contributed by atoms with van der Waals surface area (Å²) >= 11 is 0. The fourth-order valence-electron chi connectivity index (χ4n) is 2.65. The summed E-state index contributed by atoms with van der Waals surface area (Å²) in [5.41, 5.74) is 1.87. The highest BCUT2D eigenvalue weighted by molar-refractivity contribution is 5.73. The number of piperidine rings is 1. The average molecular weight is 260 g/mol. The molecule has 0 aromatic carbocycles. The summed E-state index contributed by atoms with van der Waals surface area (Å²) in [5.74, 6) is -0.199. The lowest BCUT2D eigenvalue weighted by Gasteiger charge is -2.31. The van der Waals surface area contributed by atoms with Crippen molar-refractivity contribution in [1.82, 2.24) is 14.6 Å². The fourth-order valence-corrected chi connectivity index (χ4v) is 2.65.